The number of primary amides is 1. The van der Waals surface area contributed by atoms with Crippen molar-refractivity contribution < 1.29 is 33.7 Å². The molecule has 1 saturated heterocycles. The number of amides is 3. The zero-order valence-corrected chi connectivity index (χ0v) is 19.8. The molecule has 0 bridgehead atoms. The Morgan fingerprint density at radius 2 is 2.09 bits per heavy atom. The van der Waals surface area contributed by atoms with Crippen LogP contribution in [0, 0.1) is 0 Å². The Bertz CT molecular complexity index is 1270. The predicted molar refractivity (Wildman–Crippen MR) is 122 cm³/mol. The predicted octanol–water partition coefficient (Wildman–Crippen LogP) is -2.43. The molecule has 182 valence electrons. The lowest BCUT2D eigenvalue weighted by Crippen LogP contribution is -2.71. The maximum atomic E-state index is 12.9. The lowest BCUT2D eigenvalue weighted by atomic mass is 10.0. The van der Waals surface area contributed by atoms with Crippen molar-refractivity contribution in [2.24, 2.45) is 10.9 Å². The van der Waals surface area contributed by atoms with Gasteiger partial charge in [0.05, 0.1) is 17.2 Å². The van der Waals surface area contributed by atoms with Crippen molar-refractivity contribution in [3.8, 4) is 0 Å². The Balaban J connectivity index is 1.52. The van der Waals surface area contributed by atoms with Crippen molar-refractivity contribution in [3.05, 3.63) is 52.4 Å². The summed E-state index contributed by atoms with van der Waals surface area (Å²) in [6.45, 7) is 0.152. The number of nitrogens with two attached hydrogens (primary N) is 2. The summed E-state index contributed by atoms with van der Waals surface area (Å²) in [4.78, 5) is 58.7. The number of carboxylic acid groups (broad SMARTS) is 1. The molecule has 0 aliphatic carbocycles. The maximum absolute atomic E-state index is 12.9. The molecule has 2 aromatic heterocycles. The fourth-order valence-electron chi connectivity index (χ4n) is 3.64. The highest BCUT2D eigenvalue weighted by Crippen LogP contribution is 2.40. The van der Waals surface area contributed by atoms with Crippen LogP contribution in [0.4, 0.5) is 5.13 Å². The zero-order chi connectivity index (χ0) is 25.3. The Labute approximate surface area is 206 Å². The van der Waals surface area contributed by atoms with E-state index in [1.165, 1.54) is 36.4 Å². The lowest BCUT2D eigenvalue weighted by Gasteiger charge is -2.50. The number of nitrogen functional groups attached to an aromatic ring is 1. The normalized spacial score (nSPS) is 19.6. The van der Waals surface area contributed by atoms with Crippen LogP contribution in [-0.4, -0.2) is 63.6 Å². The molecule has 2 aliphatic rings. The molecule has 0 spiro atoms. The third kappa shape index (κ3) is 4.67. The Morgan fingerprint density at radius 1 is 1.37 bits per heavy atom. The van der Waals surface area contributed by atoms with Crippen molar-refractivity contribution in [1.82, 2.24) is 15.2 Å². The molecular formula is C20H19N7O6S2. The highest BCUT2D eigenvalue weighted by Gasteiger charge is 2.53. The number of oxime groups is 1. The third-order valence-electron chi connectivity index (χ3n) is 5.24. The monoisotopic (exact) mass is 517 g/mol. The van der Waals surface area contributed by atoms with Gasteiger partial charge in [0.2, 0.25) is 5.91 Å². The van der Waals surface area contributed by atoms with E-state index < -0.39 is 35.1 Å². The summed E-state index contributed by atoms with van der Waals surface area (Å²) >= 11 is 2.41. The van der Waals surface area contributed by atoms with E-state index in [1.807, 2.05) is 0 Å². The lowest BCUT2D eigenvalue weighted by molar-refractivity contribution is -0.689. The SMILES string of the molecule is CO/N=C(\C(=O)N[C@@H]1C(=O)N2C(C(=O)[O-])=C(C[n+]3ccc(C(N)=O)cc3)CS[C@H]12)c1csc(N)n1. The first-order valence-electron chi connectivity index (χ1n) is 10.0. The molecule has 4 heterocycles. The average molecular weight is 518 g/mol. The van der Waals surface area contributed by atoms with Gasteiger partial charge in [-0.05, 0) is 0 Å². The number of hydrogen-bond acceptors (Lipinski definition) is 11. The highest BCUT2D eigenvalue weighted by molar-refractivity contribution is 8.00. The van der Waals surface area contributed by atoms with Gasteiger partial charge in [-0.15, -0.1) is 23.1 Å². The van der Waals surface area contributed by atoms with Crippen molar-refractivity contribution in [3.63, 3.8) is 0 Å². The van der Waals surface area contributed by atoms with Gasteiger partial charge >= 0.3 is 0 Å². The van der Waals surface area contributed by atoms with Crippen molar-refractivity contribution in [2.45, 2.75) is 18.0 Å². The first-order valence-corrected chi connectivity index (χ1v) is 11.9. The second-order valence-electron chi connectivity index (χ2n) is 7.42. The molecule has 0 unspecified atom stereocenters. The Hall–Kier alpha value is -3.98. The minimum Gasteiger partial charge on any atom is -0.543 e. The van der Waals surface area contributed by atoms with E-state index in [0.29, 0.717) is 11.1 Å². The Kier molecular flexibility index (Phi) is 6.70. The quantitative estimate of drug-likeness (QED) is 0.147. The number of aromatic nitrogens is 2. The van der Waals surface area contributed by atoms with Crippen LogP contribution in [0.25, 0.3) is 0 Å². The molecule has 1 fully saturated rings. The number of carboxylic acids is 1. The summed E-state index contributed by atoms with van der Waals surface area (Å²) < 4.78 is 1.65. The molecule has 2 atom stereocenters. The molecule has 0 radical (unpaired) electrons. The number of thiazole rings is 1. The average Bonchev–Trinajstić information content (AvgIpc) is 3.26. The van der Waals surface area contributed by atoms with Gasteiger partial charge in [-0.2, -0.15) is 0 Å². The number of hydrogen-bond donors (Lipinski definition) is 3. The minimum atomic E-state index is -1.50. The number of nitrogens with zero attached hydrogens (tertiary/aromatic N) is 4. The minimum absolute atomic E-state index is 0.152. The van der Waals surface area contributed by atoms with E-state index >= 15 is 0 Å². The number of β-lactam (4-membered cyclic amide) rings is 1. The van der Waals surface area contributed by atoms with E-state index in [4.69, 9.17) is 16.3 Å². The van der Waals surface area contributed by atoms with Crippen LogP contribution in [0.5, 0.6) is 0 Å². The number of carbonyl (C=O) groups excluding carboxylic acids is 4. The van der Waals surface area contributed by atoms with E-state index in [9.17, 15) is 24.3 Å². The number of nitrogens with one attached hydrogen (secondary N) is 1. The number of anilines is 1. The first-order chi connectivity index (χ1) is 16.7. The van der Waals surface area contributed by atoms with Crippen LogP contribution < -0.4 is 26.5 Å². The van der Waals surface area contributed by atoms with Gasteiger partial charge in [-0.1, -0.05) is 5.16 Å². The smallest absolute Gasteiger partial charge is 0.276 e. The topological polar surface area (TPSA) is 197 Å². The molecule has 0 saturated carbocycles. The number of aliphatic carboxylic acids is 1. The molecule has 0 aromatic carbocycles. The van der Waals surface area contributed by atoms with Crippen LogP contribution in [0.1, 0.15) is 16.1 Å². The van der Waals surface area contributed by atoms with Crippen molar-refractivity contribution in [2.75, 3.05) is 18.6 Å². The Morgan fingerprint density at radius 3 is 2.66 bits per heavy atom. The molecule has 5 N–H and O–H groups in total. The van der Waals surface area contributed by atoms with Gasteiger partial charge in [0.15, 0.2) is 29.8 Å². The van der Waals surface area contributed by atoms with Gasteiger partial charge < -0.3 is 31.5 Å². The fraction of sp³-hybridized carbons (Fsp3) is 0.250. The fourth-order valence-corrected chi connectivity index (χ4v) is 5.53. The summed E-state index contributed by atoms with van der Waals surface area (Å²) in [7, 11) is 1.26. The van der Waals surface area contributed by atoms with Gasteiger partial charge in [0.1, 0.15) is 24.2 Å². The zero-order valence-electron chi connectivity index (χ0n) is 18.2. The van der Waals surface area contributed by atoms with Crippen LogP contribution >= 0.6 is 23.1 Å². The number of thioether (sulfide) groups is 1. The molecular weight excluding hydrogens is 498 g/mol. The number of carbonyl (C=O) groups is 4. The van der Waals surface area contributed by atoms with E-state index in [2.05, 4.69) is 15.5 Å². The van der Waals surface area contributed by atoms with Crippen LogP contribution in [-0.2, 0) is 25.8 Å². The van der Waals surface area contributed by atoms with Crippen molar-refractivity contribution in [1.29, 1.82) is 0 Å². The van der Waals surface area contributed by atoms with Crippen LogP contribution in [0.2, 0.25) is 0 Å². The molecule has 3 amide bonds. The number of fused-ring (bicyclic) bond motifs is 1. The molecule has 2 aromatic rings. The summed E-state index contributed by atoms with van der Waals surface area (Å²) in [5.41, 5.74) is 11.4. The van der Waals surface area contributed by atoms with E-state index in [0.717, 1.165) is 16.2 Å². The van der Waals surface area contributed by atoms with Crippen LogP contribution in [0.15, 0.2) is 46.3 Å². The molecule has 4 rings (SSSR count). The second kappa shape index (κ2) is 9.71. The van der Waals surface area contributed by atoms with E-state index in [-0.39, 0.29) is 34.5 Å². The molecule has 13 nitrogen and oxygen atoms in total. The van der Waals surface area contributed by atoms with Crippen molar-refractivity contribution >= 4 is 57.6 Å². The molecule has 15 heteroatoms. The highest BCUT2D eigenvalue weighted by atomic mass is 32.2. The van der Waals surface area contributed by atoms with Gasteiger partial charge in [0.25, 0.3) is 11.8 Å². The third-order valence-corrected chi connectivity index (χ3v) is 7.25. The molecule has 2 aliphatic heterocycles. The molecule has 35 heavy (non-hydrogen) atoms. The summed E-state index contributed by atoms with van der Waals surface area (Å²) in [6, 6.07) is 2.04. The second-order valence-corrected chi connectivity index (χ2v) is 9.41. The van der Waals surface area contributed by atoms with Crippen LogP contribution in [0.3, 0.4) is 0 Å². The van der Waals surface area contributed by atoms with Gasteiger partial charge in [-0.3, -0.25) is 19.3 Å². The number of pyridine rings is 1. The standard InChI is InChI=1S/C20H19N7O6S2/c1-33-25-12(11-8-35-20(22)23-11)16(29)24-13-17(30)27-14(19(31)32)10(7-34-18(13)27)6-26-4-2-9(3-5-26)15(21)28/h2-5,8,13,18H,6-7H2,1H3,(H5-,21,22,23,24,28,29,31,32)/b25-12-/t13-,18-/m1/s1. The van der Waals surface area contributed by atoms with Gasteiger partial charge in [0, 0.05) is 28.8 Å². The summed E-state index contributed by atoms with van der Waals surface area (Å²) in [6.07, 6.45) is 3.17. The summed E-state index contributed by atoms with van der Waals surface area (Å²) in [5, 5.41) is 19.3. The van der Waals surface area contributed by atoms with Gasteiger partial charge in [-0.25, -0.2) is 9.55 Å². The summed E-state index contributed by atoms with van der Waals surface area (Å²) in [5.74, 6) is -3.13. The number of rotatable bonds is 8. The maximum Gasteiger partial charge on any atom is 0.276 e. The largest absolute Gasteiger partial charge is 0.543 e. The van der Waals surface area contributed by atoms with E-state index in [1.54, 1.807) is 17.0 Å². The first kappa shape index (κ1) is 24.2.